The molecule has 100 valence electrons. The van der Waals surface area contributed by atoms with Crippen LogP contribution in [0, 0.1) is 5.92 Å². The maximum Gasteiger partial charge on any atom is 0.321 e. The van der Waals surface area contributed by atoms with Crippen molar-refractivity contribution in [3.8, 4) is 0 Å². The van der Waals surface area contributed by atoms with Gasteiger partial charge in [0.25, 0.3) is 0 Å². The van der Waals surface area contributed by atoms with E-state index in [0.29, 0.717) is 5.92 Å². The third-order valence-electron chi connectivity index (χ3n) is 3.15. The Hall–Kier alpha value is -1.56. The lowest BCUT2D eigenvalue weighted by Gasteiger charge is -2.18. The van der Waals surface area contributed by atoms with Crippen LogP contribution in [-0.2, 0) is 7.05 Å². The highest BCUT2D eigenvalue weighted by Gasteiger charge is 2.26. The molecule has 6 heteroatoms. The average Bonchev–Trinajstić information content (AvgIpc) is 2.87. The molecule has 0 radical (unpaired) electrons. The largest absolute Gasteiger partial charge is 0.324 e. The first-order valence-corrected chi connectivity index (χ1v) is 6.24. The zero-order valence-corrected chi connectivity index (χ0v) is 11.3. The fourth-order valence-electron chi connectivity index (χ4n) is 2.37. The zero-order valence-electron chi connectivity index (χ0n) is 11.3. The Labute approximate surface area is 108 Å². The summed E-state index contributed by atoms with van der Waals surface area (Å²) in [4.78, 5) is 16.1. The summed E-state index contributed by atoms with van der Waals surface area (Å²) < 4.78 is 1.68. The molecule has 1 atom stereocenters. The highest BCUT2D eigenvalue weighted by atomic mass is 16.2. The van der Waals surface area contributed by atoms with Crippen molar-refractivity contribution in [3.63, 3.8) is 0 Å². The number of amides is 2. The van der Waals surface area contributed by atoms with Crippen LogP contribution < -0.4 is 5.32 Å². The number of carbonyl (C=O) groups is 1. The van der Waals surface area contributed by atoms with Crippen molar-refractivity contribution in [1.29, 1.82) is 0 Å². The normalized spacial score (nSPS) is 19.6. The van der Waals surface area contributed by atoms with Gasteiger partial charge < -0.3 is 15.1 Å². The van der Waals surface area contributed by atoms with Crippen molar-refractivity contribution in [2.75, 3.05) is 39.0 Å². The van der Waals surface area contributed by atoms with Gasteiger partial charge in [-0.2, -0.15) is 5.10 Å². The Kier molecular flexibility index (Phi) is 3.86. The standard InChI is InChI=1S/C12H21N5O/c1-15(2)7-10-4-5-17(8-10)12(18)14-11-6-13-16(3)9-11/h6,9-10H,4-5,7-8H2,1-3H3,(H,14,18). The topological polar surface area (TPSA) is 53.4 Å². The second-order valence-electron chi connectivity index (χ2n) is 5.20. The molecule has 2 heterocycles. The smallest absolute Gasteiger partial charge is 0.321 e. The molecule has 18 heavy (non-hydrogen) atoms. The van der Waals surface area contributed by atoms with E-state index in [9.17, 15) is 4.79 Å². The molecule has 1 N–H and O–H groups in total. The second-order valence-corrected chi connectivity index (χ2v) is 5.20. The van der Waals surface area contributed by atoms with E-state index in [2.05, 4.69) is 29.4 Å². The molecule has 1 aliphatic rings. The van der Waals surface area contributed by atoms with Gasteiger partial charge in [-0.3, -0.25) is 4.68 Å². The van der Waals surface area contributed by atoms with E-state index in [-0.39, 0.29) is 6.03 Å². The van der Waals surface area contributed by atoms with E-state index in [4.69, 9.17) is 0 Å². The fourth-order valence-corrected chi connectivity index (χ4v) is 2.37. The molecular weight excluding hydrogens is 230 g/mol. The van der Waals surface area contributed by atoms with E-state index in [1.165, 1.54) is 0 Å². The van der Waals surface area contributed by atoms with Crippen LogP contribution in [0.15, 0.2) is 12.4 Å². The Bertz CT molecular complexity index is 414. The number of rotatable bonds is 3. The number of anilines is 1. The number of aryl methyl sites for hydroxylation is 1. The molecule has 1 unspecified atom stereocenters. The summed E-state index contributed by atoms with van der Waals surface area (Å²) in [5.74, 6) is 0.583. The predicted octanol–water partition coefficient (Wildman–Crippen LogP) is 0.835. The predicted molar refractivity (Wildman–Crippen MR) is 70.5 cm³/mol. The summed E-state index contributed by atoms with van der Waals surface area (Å²) in [5.41, 5.74) is 0.749. The Balaban J connectivity index is 1.84. The monoisotopic (exact) mass is 251 g/mol. The van der Waals surface area contributed by atoms with Crippen molar-refractivity contribution in [1.82, 2.24) is 19.6 Å². The minimum absolute atomic E-state index is 0.0238. The van der Waals surface area contributed by atoms with Gasteiger partial charge in [0.1, 0.15) is 0 Å². The van der Waals surface area contributed by atoms with Crippen LogP contribution in [0.2, 0.25) is 0 Å². The molecule has 0 saturated carbocycles. The quantitative estimate of drug-likeness (QED) is 0.866. The van der Waals surface area contributed by atoms with Gasteiger partial charge in [-0.15, -0.1) is 0 Å². The van der Waals surface area contributed by atoms with Crippen LogP contribution in [0.3, 0.4) is 0 Å². The number of nitrogens with one attached hydrogen (secondary N) is 1. The number of nitrogens with zero attached hydrogens (tertiary/aromatic N) is 4. The molecule has 0 aromatic carbocycles. The minimum Gasteiger partial charge on any atom is -0.324 e. The average molecular weight is 251 g/mol. The molecular formula is C12H21N5O. The lowest BCUT2D eigenvalue weighted by atomic mass is 10.1. The summed E-state index contributed by atoms with van der Waals surface area (Å²) in [6, 6.07) is -0.0238. The minimum atomic E-state index is -0.0238. The molecule has 2 amide bonds. The zero-order chi connectivity index (χ0) is 13.1. The van der Waals surface area contributed by atoms with Crippen LogP contribution in [0.25, 0.3) is 0 Å². The number of hydrogen-bond acceptors (Lipinski definition) is 3. The van der Waals surface area contributed by atoms with Crippen LogP contribution in [0.5, 0.6) is 0 Å². The molecule has 0 spiro atoms. The number of carbonyl (C=O) groups excluding carboxylic acids is 1. The lowest BCUT2D eigenvalue weighted by Crippen LogP contribution is -2.34. The van der Waals surface area contributed by atoms with Crippen molar-refractivity contribution in [2.45, 2.75) is 6.42 Å². The molecule has 1 aromatic heterocycles. The van der Waals surface area contributed by atoms with Gasteiger partial charge >= 0.3 is 6.03 Å². The van der Waals surface area contributed by atoms with E-state index >= 15 is 0 Å². The molecule has 2 rings (SSSR count). The van der Waals surface area contributed by atoms with Crippen LogP contribution in [0.4, 0.5) is 10.5 Å². The maximum absolute atomic E-state index is 12.0. The highest BCUT2D eigenvalue weighted by Crippen LogP contribution is 2.18. The van der Waals surface area contributed by atoms with Crippen molar-refractivity contribution >= 4 is 11.7 Å². The van der Waals surface area contributed by atoms with Crippen LogP contribution in [-0.4, -0.2) is 59.3 Å². The van der Waals surface area contributed by atoms with Gasteiger partial charge in [-0.1, -0.05) is 0 Å². The summed E-state index contributed by atoms with van der Waals surface area (Å²) >= 11 is 0. The van der Waals surface area contributed by atoms with E-state index in [1.807, 2.05) is 11.9 Å². The molecule has 1 saturated heterocycles. The first-order valence-electron chi connectivity index (χ1n) is 6.24. The number of hydrogen-bond donors (Lipinski definition) is 1. The molecule has 6 nitrogen and oxygen atoms in total. The van der Waals surface area contributed by atoms with E-state index in [0.717, 1.165) is 31.7 Å². The first-order chi connectivity index (χ1) is 8.54. The van der Waals surface area contributed by atoms with Gasteiger partial charge in [0.15, 0.2) is 0 Å². The SMILES string of the molecule is CN(C)CC1CCN(C(=O)Nc2cnn(C)c2)C1. The van der Waals surface area contributed by atoms with Gasteiger partial charge in [0.05, 0.1) is 11.9 Å². The Morgan fingerprint density at radius 3 is 3.00 bits per heavy atom. The Morgan fingerprint density at radius 2 is 2.39 bits per heavy atom. The van der Waals surface area contributed by atoms with Crippen LogP contribution in [0.1, 0.15) is 6.42 Å². The molecule has 1 fully saturated rings. The molecule has 1 aromatic rings. The van der Waals surface area contributed by atoms with Gasteiger partial charge in [0.2, 0.25) is 0 Å². The van der Waals surface area contributed by atoms with E-state index < -0.39 is 0 Å². The summed E-state index contributed by atoms with van der Waals surface area (Å²) in [6.45, 7) is 2.71. The molecule has 1 aliphatic heterocycles. The third kappa shape index (κ3) is 3.22. The van der Waals surface area contributed by atoms with Gasteiger partial charge in [-0.25, -0.2) is 4.79 Å². The Morgan fingerprint density at radius 1 is 1.61 bits per heavy atom. The summed E-state index contributed by atoms with van der Waals surface area (Å²) in [6.07, 6.45) is 4.54. The lowest BCUT2D eigenvalue weighted by molar-refractivity contribution is 0.219. The molecule has 0 aliphatic carbocycles. The highest BCUT2D eigenvalue weighted by molar-refractivity contribution is 5.89. The number of urea groups is 1. The number of aromatic nitrogens is 2. The molecule has 0 bridgehead atoms. The maximum atomic E-state index is 12.0. The van der Waals surface area contributed by atoms with Crippen molar-refractivity contribution in [2.24, 2.45) is 13.0 Å². The van der Waals surface area contributed by atoms with Gasteiger partial charge in [-0.05, 0) is 26.4 Å². The van der Waals surface area contributed by atoms with Gasteiger partial charge in [0, 0.05) is 32.9 Å². The van der Waals surface area contributed by atoms with Crippen molar-refractivity contribution < 1.29 is 4.79 Å². The van der Waals surface area contributed by atoms with E-state index in [1.54, 1.807) is 17.1 Å². The van der Waals surface area contributed by atoms with Crippen molar-refractivity contribution in [3.05, 3.63) is 12.4 Å². The third-order valence-corrected chi connectivity index (χ3v) is 3.15. The second kappa shape index (κ2) is 5.39. The first kappa shape index (κ1) is 12.9. The number of likely N-dealkylation sites (tertiary alicyclic amines) is 1. The van der Waals surface area contributed by atoms with Crippen LogP contribution >= 0.6 is 0 Å². The summed E-state index contributed by atoms with van der Waals surface area (Å²) in [7, 11) is 5.97. The summed E-state index contributed by atoms with van der Waals surface area (Å²) in [5, 5.41) is 6.90. The fraction of sp³-hybridized carbons (Fsp3) is 0.667.